The van der Waals surface area contributed by atoms with E-state index in [9.17, 15) is 17.6 Å². The quantitative estimate of drug-likeness (QED) is 0.703. The molecule has 0 aliphatic rings. The molecule has 0 atom stereocenters. The van der Waals surface area contributed by atoms with Crippen LogP contribution in [0.3, 0.4) is 0 Å². The zero-order valence-electron chi connectivity index (χ0n) is 13.8. The number of carbonyl (C=O) groups excluding carboxylic acids is 1. The molecule has 2 aromatic rings. The number of rotatable bonds is 7. The largest absolute Gasteiger partial charge is 0.347 e. The van der Waals surface area contributed by atoms with E-state index in [4.69, 9.17) is 0 Å². The summed E-state index contributed by atoms with van der Waals surface area (Å²) in [5.41, 5.74) is -0.288. The number of nitrogens with one attached hydrogen (secondary N) is 1. The Morgan fingerprint density at radius 2 is 1.96 bits per heavy atom. The van der Waals surface area contributed by atoms with Crippen LogP contribution in [0.4, 0.5) is 4.39 Å². The molecule has 0 radical (unpaired) electrons. The van der Waals surface area contributed by atoms with E-state index in [1.165, 1.54) is 21.7 Å². The number of hydrogen-bond donors (Lipinski definition) is 1. The van der Waals surface area contributed by atoms with Gasteiger partial charge in [0.25, 0.3) is 5.91 Å². The molecule has 1 heterocycles. The van der Waals surface area contributed by atoms with Gasteiger partial charge in [-0.1, -0.05) is 13.8 Å². The maximum atomic E-state index is 14.0. The molecule has 0 bridgehead atoms. The Morgan fingerprint density at radius 3 is 2.52 bits per heavy atom. The van der Waals surface area contributed by atoms with Crippen LogP contribution in [-0.4, -0.2) is 31.7 Å². The average Bonchev–Trinajstić information content (AvgIpc) is 2.99. The van der Waals surface area contributed by atoms with Gasteiger partial charge in [0.2, 0.25) is 10.0 Å². The summed E-state index contributed by atoms with van der Waals surface area (Å²) in [5.74, 6) is -1.41. The Balaban J connectivity index is 2.24. The van der Waals surface area contributed by atoms with Gasteiger partial charge in [0.15, 0.2) is 0 Å². The van der Waals surface area contributed by atoms with E-state index in [0.717, 1.165) is 21.5 Å². The Hall–Kier alpha value is -1.29. The molecule has 0 unspecified atom stereocenters. The Bertz CT molecular complexity index is 864. The predicted molar refractivity (Wildman–Crippen MR) is 99.7 cm³/mol. The van der Waals surface area contributed by atoms with E-state index >= 15 is 0 Å². The minimum Gasteiger partial charge on any atom is -0.347 e. The third-order valence-corrected chi connectivity index (χ3v) is 7.31. The number of carbonyl (C=O) groups is 1. The molecule has 1 amide bonds. The highest BCUT2D eigenvalue weighted by atomic mass is 79.9. The topological polar surface area (TPSA) is 66.5 Å². The van der Waals surface area contributed by atoms with E-state index < -0.39 is 21.7 Å². The molecule has 25 heavy (non-hydrogen) atoms. The van der Waals surface area contributed by atoms with Gasteiger partial charge >= 0.3 is 0 Å². The summed E-state index contributed by atoms with van der Waals surface area (Å²) in [7, 11) is -3.76. The molecule has 9 heteroatoms. The molecule has 1 aromatic carbocycles. The summed E-state index contributed by atoms with van der Waals surface area (Å²) in [4.78, 5) is 13.1. The van der Waals surface area contributed by atoms with E-state index in [-0.39, 0.29) is 17.0 Å². The van der Waals surface area contributed by atoms with Crippen molar-refractivity contribution in [2.45, 2.75) is 25.3 Å². The van der Waals surface area contributed by atoms with Crippen molar-refractivity contribution in [1.82, 2.24) is 9.62 Å². The zero-order chi connectivity index (χ0) is 18.6. The highest BCUT2D eigenvalue weighted by molar-refractivity contribution is 9.10. The van der Waals surface area contributed by atoms with Crippen LogP contribution in [0.5, 0.6) is 0 Å². The van der Waals surface area contributed by atoms with E-state index in [1.54, 1.807) is 13.8 Å². The van der Waals surface area contributed by atoms with Gasteiger partial charge in [-0.15, -0.1) is 11.3 Å². The standard InChI is InChI=1S/C16H18BrFN2O3S2/c1-3-20(4-2)25(22,23)13-5-6-15(18)14(8-13)16(21)19-9-12-7-11(17)10-24-12/h5-8,10H,3-4,9H2,1-2H3,(H,19,21). The monoisotopic (exact) mass is 448 g/mol. The average molecular weight is 449 g/mol. The third-order valence-electron chi connectivity index (χ3n) is 3.57. The second-order valence-electron chi connectivity index (χ2n) is 5.14. The summed E-state index contributed by atoms with van der Waals surface area (Å²) >= 11 is 4.77. The van der Waals surface area contributed by atoms with Gasteiger partial charge < -0.3 is 5.32 Å². The molecular formula is C16H18BrFN2O3S2. The molecule has 0 fully saturated rings. The molecule has 0 spiro atoms. The SMILES string of the molecule is CCN(CC)S(=O)(=O)c1ccc(F)c(C(=O)NCc2cc(Br)cs2)c1. The number of hydrogen-bond acceptors (Lipinski definition) is 4. The van der Waals surface area contributed by atoms with Crippen molar-refractivity contribution in [2.24, 2.45) is 0 Å². The van der Waals surface area contributed by atoms with Crippen molar-refractivity contribution in [2.75, 3.05) is 13.1 Å². The lowest BCUT2D eigenvalue weighted by atomic mass is 10.2. The smallest absolute Gasteiger partial charge is 0.254 e. The molecule has 2 rings (SSSR count). The highest BCUT2D eigenvalue weighted by Crippen LogP contribution is 2.21. The molecule has 0 aliphatic carbocycles. The van der Waals surface area contributed by atoms with Crippen LogP contribution < -0.4 is 5.32 Å². The van der Waals surface area contributed by atoms with Crippen LogP contribution in [0.1, 0.15) is 29.1 Å². The summed E-state index contributed by atoms with van der Waals surface area (Å²) in [6.45, 7) is 4.27. The van der Waals surface area contributed by atoms with E-state index in [0.29, 0.717) is 13.1 Å². The first-order valence-corrected chi connectivity index (χ1v) is 10.7. The maximum Gasteiger partial charge on any atom is 0.254 e. The number of sulfonamides is 1. The van der Waals surface area contributed by atoms with Gasteiger partial charge in [0.1, 0.15) is 5.82 Å². The predicted octanol–water partition coefficient (Wildman–Crippen LogP) is 3.61. The minimum atomic E-state index is -3.76. The number of thiophene rings is 1. The Morgan fingerprint density at radius 1 is 1.28 bits per heavy atom. The first-order chi connectivity index (χ1) is 11.8. The lowest BCUT2D eigenvalue weighted by molar-refractivity contribution is 0.0947. The number of nitrogens with zero attached hydrogens (tertiary/aromatic N) is 1. The number of amides is 1. The molecule has 1 aromatic heterocycles. The fourth-order valence-corrected chi connectivity index (χ4v) is 5.14. The van der Waals surface area contributed by atoms with Crippen LogP contribution in [0.15, 0.2) is 39.0 Å². The highest BCUT2D eigenvalue weighted by Gasteiger charge is 2.24. The van der Waals surface area contributed by atoms with Gasteiger partial charge in [-0.25, -0.2) is 12.8 Å². The van der Waals surface area contributed by atoms with Crippen molar-refractivity contribution in [3.63, 3.8) is 0 Å². The summed E-state index contributed by atoms with van der Waals surface area (Å²) in [5, 5.41) is 4.48. The minimum absolute atomic E-state index is 0.0957. The second-order valence-corrected chi connectivity index (χ2v) is 8.99. The van der Waals surface area contributed by atoms with Gasteiger partial charge in [0.05, 0.1) is 17.0 Å². The first-order valence-electron chi connectivity index (χ1n) is 7.60. The van der Waals surface area contributed by atoms with Crippen LogP contribution in [-0.2, 0) is 16.6 Å². The maximum absolute atomic E-state index is 14.0. The third kappa shape index (κ3) is 4.66. The van der Waals surface area contributed by atoms with Crippen LogP contribution >= 0.6 is 27.3 Å². The summed E-state index contributed by atoms with van der Waals surface area (Å²) in [6, 6.07) is 5.12. The molecular weight excluding hydrogens is 431 g/mol. The first kappa shape index (κ1) is 20.0. The van der Waals surface area contributed by atoms with Crippen molar-refractivity contribution in [1.29, 1.82) is 0 Å². The van der Waals surface area contributed by atoms with Crippen molar-refractivity contribution < 1.29 is 17.6 Å². The van der Waals surface area contributed by atoms with Crippen LogP contribution in [0, 0.1) is 5.82 Å². The number of halogens is 2. The Labute approximate surface area is 159 Å². The fraction of sp³-hybridized carbons (Fsp3) is 0.312. The molecule has 136 valence electrons. The zero-order valence-corrected chi connectivity index (χ0v) is 17.0. The fourth-order valence-electron chi connectivity index (χ4n) is 2.26. The molecule has 5 nitrogen and oxygen atoms in total. The molecule has 0 saturated heterocycles. The van der Waals surface area contributed by atoms with E-state index in [1.807, 2.05) is 11.4 Å². The Kier molecular flexibility index (Phi) is 6.72. The molecule has 1 N–H and O–H groups in total. The van der Waals surface area contributed by atoms with Crippen LogP contribution in [0.25, 0.3) is 0 Å². The second kappa shape index (κ2) is 8.39. The molecule has 0 aliphatic heterocycles. The summed E-state index contributed by atoms with van der Waals surface area (Å²) in [6.07, 6.45) is 0. The lowest BCUT2D eigenvalue weighted by Crippen LogP contribution is -2.31. The van der Waals surface area contributed by atoms with Gasteiger partial charge in [-0.2, -0.15) is 4.31 Å². The molecule has 0 saturated carbocycles. The van der Waals surface area contributed by atoms with Gasteiger partial charge in [0, 0.05) is 27.8 Å². The number of benzene rings is 1. The van der Waals surface area contributed by atoms with Crippen molar-refractivity contribution >= 4 is 43.2 Å². The summed E-state index contributed by atoms with van der Waals surface area (Å²) < 4.78 is 41.2. The van der Waals surface area contributed by atoms with E-state index in [2.05, 4.69) is 21.2 Å². The van der Waals surface area contributed by atoms with Crippen molar-refractivity contribution in [3.05, 3.63) is 50.4 Å². The van der Waals surface area contributed by atoms with Crippen molar-refractivity contribution in [3.8, 4) is 0 Å². The van der Waals surface area contributed by atoms with Gasteiger partial charge in [-0.3, -0.25) is 4.79 Å². The van der Waals surface area contributed by atoms with Gasteiger partial charge in [-0.05, 0) is 40.2 Å². The van der Waals surface area contributed by atoms with Crippen LogP contribution in [0.2, 0.25) is 0 Å². The normalized spacial score (nSPS) is 11.7. The lowest BCUT2D eigenvalue weighted by Gasteiger charge is -2.18.